The highest BCUT2D eigenvalue weighted by Gasteiger charge is 2.37. The van der Waals surface area contributed by atoms with Crippen LogP contribution in [0.2, 0.25) is 0 Å². The number of halogens is 1. The van der Waals surface area contributed by atoms with Crippen molar-refractivity contribution in [1.82, 2.24) is 24.2 Å². The average Bonchev–Trinajstić information content (AvgIpc) is 3.07. The molecule has 1 N–H and O–H groups in total. The smallest absolute Gasteiger partial charge is 0.246 e. The molecule has 1 aromatic carbocycles. The number of aromatic nitrogens is 3. The number of benzene rings is 1. The number of piperazine rings is 1. The molecular formula is C17H20ClN5O2S. The van der Waals surface area contributed by atoms with Crippen LogP contribution >= 0.6 is 12.4 Å². The van der Waals surface area contributed by atoms with Gasteiger partial charge in [-0.2, -0.15) is 4.31 Å². The van der Waals surface area contributed by atoms with Crippen LogP contribution in [0.25, 0.3) is 10.9 Å². The number of rotatable bonds is 3. The van der Waals surface area contributed by atoms with Crippen molar-refractivity contribution in [1.29, 1.82) is 0 Å². The maximum Gasteiger partial charge on any atom is 0.246 e. The molecule has 1 unspecified atom stereocenters. The van der Waals surface area contributed by atoms with E-state index in [1.165, 1.54) is 4.31 Å². The van der Waals surface area contributed by atoms with Crippen LogP contribution in [-0.2, 0) is 17.1 Å². The maximum atomic E-state index is 13.4. The van der Waals surface area contributed by atoms with E-state index in [1.54, 1.807) is 30.6 Å². The second kappa shape index (κ2) is 7.32. The Morgan fingerprint density at radius 3 is 2.73 bits per heavy atom. The van der Waals surface area contributed by atoms with Crippen molar-refractivity contribution in [2.75, 3.05) is 19.6 Å². The van der Waals surface area contributed by atoms with E-state index < -0.39 is 10.0 Å². The van der Waals surface area contributed by atoms with Gasteiger partial charge in [-0.15, -0.1) is 12.4 Å². The third kappa shape index (κ3) is 3.09. The molecule has 1 fully saturated rings. The van der Waals surface area contributed by atoms with Gasteiger partial charge in [0.05, 0.1) is 11.6 Å². The molecule has 9 heteroatoms. The van der Waals surface area contributed by atoms with Gasteiger partial charge in [0, 0.05) is 50.7 Å². The minimum Gasteiger partial charge on any atom is -0.337 e. The van der Waals surface area contributed by atoms with E-state index in [1.807, 2.05) is 29.9 Å². The minimum absolute atomic E-state index is 0. The molecule has 4 rings (SSSR count). The molecule has 1 saturated heterocycles. The SMILES string of the molecule is Cl.Cn1ccnc1C1CNCCN1S(=O)(=O)c1cccc2cccnc12. The summed E-state index contributed by atoms with van der Waals surface area (Å²) in [5.41, 5.74) is 0.502. The lowest BCUT2D eigenvalue weighted by atomic mass is 10.2. The summed E-state index contributed by atoms with van der Waals surface area (Å²) in [6.07, 6.45) is 5.14. The first-order valence-corrected chi connectivity index (χ1v) is 9.56. The van der Waals surface area contributed by atoms with Crippen molar-refractivity contribution in [2.45, 2.75) is 10.9 Å². The number of aryl methyl sites for hydroxylation is 1. The number of imidazole rings is 1. The van der Waals surface area contributed by atoms with Crippen LogP contribution in [0.4, 0.5) is 0 Å². The monoisotopic (exact) mass is 393 g/mol. The number of sulfonamides is 1. The van der Waals surface area contributed by atoms with Gasteiger partial charge >= 0.3 is 0 Å². The average molecular weight is 394 g/mol. The number of pyridine rings is 1. The molecule has 0 bridgehead atoms. The van der Waals surface area contributed by atoms with Crippen LogP contribution in [0.15, 0.2) is 53.8 Å². The summed E-state index contributed by atoms with van der Waals surface area (Å²) in [7, 11) is -1.83. The molecule has 138 valence electrons. The van der Waals surface area contributed by atoms with Crippen LogP contribution in [-0.4, -0.2) is 46.9 Å². The van der Waals surface area contributed by atoms with Crippen LogP contribution < -0.4 is 5.32 Å². The van der Waals surface area contributed by atoms with Crippen LogP contribution in [0.5, 0.6) is 0 Å². The summed E-state index contributed by atoms with van der Waals surface area (Å²) in [4.78, 5) is 8.91. The van der Waals surface area contributed by atoms with Crippen molar-refractivity contribution in [2.24, 2.45) is 7.05 Å². The molecule has 3 heterocycles. The summed E-state index contributed by atoms with van der Waals surface area (Å²) in [6.45, 7) is 1.53. The first kappa shape index (κ1) is 18.8. The van der Waals surface area contributed by atoms with Crippen molar-refractivity contribution < 1.29 is 8.42 Å². The van der Waals surface area contributed by atoms with Gasteiger partial charge in [-0.1, -0.05) is 18.2 Å². The Labute approximate surface area is 158 Å². The van der Waals surface area contributed by atoms with Gasteiger partial charge in [0.2, 0.25) is 10.0 Å². The highest BCUT2D eigenvalue weighted by atomic mass is 35.5. The van der Waals surface area contributed by atoms with E-state index >= 15 is 0 Å². The van der Waals surface area contributed by atoms with Gasteiger partial charge in [0.1, 0.15) is 10.7 Å². The van der Waals surface area contributed by atoms with Crippen LogP contribution in [0.1, 0.15) is 11.9 Å². The fourth-order valence-corrected chi connectivity index (χ4v) is 5.06. The Hall–Kier alpha value is -2.00. The van der Waals surface area contributed by atoms with Gasteiger partial charge in [0.15, 0.2) is 0 Å². The fourth-order valence-electron chi connectivity index (χ4n) is 3.30. The Morgan fingerprint density at radius 2 is 1.96 bits per heavy atom. The van der Waals surface area contributed by atoms with Gasteiger partial charge in [-0.25, -0.2) is 13.4 Å². The molecule has 0 radical (unpaired) electrons. The second-order valence-corrected chi connectivity index (χ2v) is 7.92. The molecule has 2 aromatic heterocycles. The lowest BCUT2D eigenvalue weighted by molar-refractivity contribution is 0.258. The van der Waals surface area contributed by atoms with Crippen molar-refractivity contribution in [3.05, 3.63) is 54.7 Å². The van der Waals surface area contributed by atoms with Crippen molar-refractivity contribution >= 4 is 33.3 Å². The largest absolute Gasteiger partial charge is 0.337 e. The number of nitrogens with one attached hydrogen (secondary N) is 1. The lowest BCUT2D eigenvalue weighted by Crippen LogP contribution is -2.49. The number of hydrogen-bond acceptors (Lipinski definition) is 5. The topological polar surface area (TPSA) is 80.1 Å². The molecule has 0 aliphatic carbocycles. The summed E-state index contributed by atoms with van der Waals surface area (Å²) < 4.78 is 30.3. The molecule has 0 saturated carbocycles. The summed E-state index contributed by atoms with van der Waals surface area (Å²) in [5.74, 6) is 0.726. The summed E-state index contributed by atoms with van der Waals surface area (Å²) in [6, 6.07) is 8.58. The molecule has 1 atom stereocenters. The number of nitrogens with zero attached hydrogens (tertiary/aromatic N) is 4. The molecule has 26 heavy (non-hydrogen) atoms. The highest BCUT2D eigenvalue weighted by molar-refractivity contribution is 7.89. The molecule has 0 spiro atoms. The van der Waals surface area contributed by atoms with Gasteiger partial charge in [0.25, 0.3) is 0 Å². The zero-order chi connectivity index (χ0) is 17.4. The second-order valence-electron chi connectivity index (χ2n) is 6.06. The predicted octanol–water partition coefficient (Wildman–Crippen LogP) is 1.73. The van der Waals surface area contributed by atoms with Crippen molar-refractivity contribution in [3.8, 4) is 0 Å². The molecule has 1 aliphatic heterocycles. The third-order valence-electron chi connectivity index (χ3n) is 4.53. The Kier molecular flexibility index (Phi) is 5.29. The first-order chi connectivity index (χ1) is 12.1. The van der Waals surface area contributed by atoms with E-state index in [2.05, 4.69) is 15.3 Å². The Balaban J connectivity index is 0.00000196. The molecular weight excluding hydrogens is 374 g/mol. The van der Waals surface area contributed by atoms with Gasteiger partial charge < -0.3 is 9.88 Å². The number of hydrogen-bond donors (Lipinski definition) is 1. The zero-order valence-corrected chi connectivity index (χ0v) is 15.9. The normalized spacial score (nSPS) is 18.6. The third-order valence-corrected chi connectivity index (χ3v) is 6.47. The fraction of sp³-hybridized carbons (Fsp3) is 0.294. The van der Waals surface area contributed by atoms with E-state index in [0.29, 0.717) is 25.2 Å². The molecule has 0 amide bonds. The van der Waals surface area contributed by atoms with Gasteiger partial charge in [-0.05, 0) is 12.1 Å². The van der Waals surface area contributed by atoms with Crippen molar-refractivity contribution in [3.63, 3.8) is 0 Å². The number of para-hydroxylation sites is 1. The first-order valence-electron chi connectivity index (χ1n) is 8.12. The quantitative estimate of drug-likeness (QED) is 0.733. The van der Waals surface area contributed by atoms with E-state index in [4.69, 9.17) is 0 Å². The maximum absolute atomic E-state index is 13.4. The lowest BCUT2D eigenvalue weighted by Gasteiger charge is -2.34. The highest BCUT2D eigenvalue weighted by Crippen LogP contribution is 2.30. The zero-order valence-electron chi connectivity index (χ0n) is 14.2. The summed E-state index contributed by atoms with van der Waals surface area (Å²) in [5, 5.41) is 4.08. The van der Waals surface area contributed by atoms with Crippen LogP contribution in [0, 0.1) is 0 Å². The molecule has 3 aromatic rings. The van der Waals surface area contributed by atoms with E-state index in [9.17, 15) is 8.42 Å². The number of fused-ring (bicyclic) bond motifs is 1. The molecule has 1 aliphatic rings. The van der Waals surface area contributed by atoms with E-state index in [0.717, 1.165) is 11.2 Å². The predicted molar refractivity (Wildman–Crippen MR) is 102 cm³/mol. The van der Waals surface area contributed by atoms with E-state index in [-0.39, 0.29) is 23.3 Å². The van der Waals surface area contributed by atoms with Gasteiger partial charge in [-0.3, -0.25) is 4.98 Å². The Morgan fingerprint density at radius 1 is 1.15 bits per heavy atom. The standard InChI is InChI=1S/C17H19N5O2S.ClH/c1-21-10-9-20-17(21)14-12-18-8-11-22(14)25(23,24)15-6-2-4-13-5-3-7-19-16(13)15;/h2-7,9-10,14,18H,8,11-12H2,1H3;1H. The van der Waals surface area contributed by atoms with Crippen LogP contribution in [0.3, 0.4) is 0 Å². The summed E-state index contributed by atoms with van der Waals surface area (Å²) >= 11 is 0. The Bertz CT molecular complexity index is 1020. The minimum atomic E-state index is -3.70. The molecule has 7 nitrogen and oxygen atoms in total.